The van der Waals surface area contributed by atoms with Gasteiger partial charge in [0, 0.05) is 25.5 Å². The highest BCUT2D eigenvalue weighted by atomic mass is 16.2. The number of aromatic nitrogens is 2. The summed E-state index contributed by atoms with van der Waals surface area (Å²) in [5.74, 6) is 0.543. The number of nitrogens with zero attached hydrogens (tertiary/aromatic N) is 2. The number of hydrogen-bond acceptors (Lipinski definition) is 2. The minimum absolute atomic E-state index is 0.383. The lowest BCUT2D eigenvalue weighted by Crippen LogP contribution is -2.41. The fourth-order valence-electron chi connectivity index (χ4n) is 3.40. The standard InChI is InChI=1S/C19H24N2O2/c22-18-19(23)21(15-17-9-5-2-6-10-17)14-13-20(18)12-11-16-7-3-1-4-8-16/h1,3-4,7-8,13-14,17H,2,5-6,9-12,15H2. The van der Waals surface area contributed by atoms with Crippen molar-refractivity contribution in [3.8, 4) is 0 Å². The van der Waals surface area contributed by atoms with Crippen molar-refractivity contribution < 1.29 is 0 Å². The van der Waals surface area contributed by atoms with Crippen molar-refractivity contribution in [2.75, 3.05) is 0 Å². The Hall–Kier alpha value is -2.10. The zero-order chi connectivity index (χ0) is 16.1. The summed E-state index contributed by atoms with van der Waals surface area (Å²) in [7, 11) is 0. The van der Waals surface area contributed by atoms with Gasteiger partial charge in [-0.3, -0.25) is 9.59 Å². The van der Waals surface area contributed by atoms with E-state index >= 15 is 0 Å². The molecule has 0 N–H and O–H groups in total. The third-order valence-electron chi connectivity index (χ3n) is 4.80. The van der Waals surface area contributed by atoms with Crippen LogP contribution in [0.15, 0.2) is 52.3 Å². The highest BCUT2D eigenvalue weighted by Crippen LogP contribution is 2.24. The van der Waals surface area contributed by atoms with Crippen LogP contribution in [0.4, 0.5) is 0 Å². The summed E-state index contributed by atoms with van der Waals surface area (Å²) in [5, 5.41) is 0. The molecule has 0 aliphatic heterocycles. The van der Waals surface area contributed by atoms with Gasteiger partial charge in [0.05, 0.1) is 0 Å². The van der Waals surface area contributed by atoms with Crippen molar-refractivity contribution in [2.24, 2.45) is 5.92 Å². The van der Waals surface area contributed by atoms with E-state index in [1.54, 1.807) is 17.0 Å². The molecule has 1 fully saturated rings. The summed E-state index contributed by atoms with van der Waals surface area (Å²) in [5.41, 5.74) is 0.385. The van der Waals surface area contributed by atoms with Crippen molar-refractivity contribution in [3.05, 3.63) is 69.0 Å². The zero-order valence-corrected chi connectivity index (χ0v) is 13.5. The Labute approximate surface area is 136 Å². The molecular weight excluding hydrogens is 288 g/mol. The van der Waals surface area contributed by atoms with Crippen LogP contribution in [0.1, 0.15) is 37.7 Å². The Morgan fingerprint density at radius 2 is 1.52 bits per heavy atom. The Kier molecular flexibility index (Phi) is 5.11. The molecule has 0 atom stereocenters. The second-order valence-electron chi connectivity index (χ2n) is 6.49. The second-order valence-corrected chi connectivity index (χ2v) is 6.49. The fourth-order valence-corrected chi connectivity index (χ4v) is 3.40. The Balaban J connectivity index is 1.70. The average Bonchev–Trinajstić information content (AvgIpc) is 2.60. The molecule has 0 radical (unpaired) electrons. The number of benzene rings is 1. The van der Waals surface area contributed by atoms with Crippen LogP contribution < -0.4 is 11.1 Å². The number of rotatable bonds is 5. The van der Waals surface area contributed by atoms with E-state index in [0.717, 1.165) is 6.42 Å². The van der Waals surface area contributed by atoms with Gasteiger partial charge in [-0.15, -0.1) is 0 Å². The first-order chi connectivity index (χ1) is 11.2. The van der Waals surface area contributed by atoms with Crippen LogP contribution in [0.3, 0.4) is 0 Å². The molecule has 0 amide bonds. The molecule has 0 spiro atoms. The molecule has 0 saturated heterocycles. The van der Waals surface area contributed by atoms with E-state index in [0.29, 0.717) is 19.0 Å². The van der Waals surface area contributed by atoms with Gasteiger partial charge >= 0.3 is 11.1 Å². The zero-order valence-electron chi connectivity index (χ0n) is 13.5. The quantitative estimate of drug-likeness (QED) is 0.797. The molecule has 0 bridgehead atoms. The predicted octanol–water partition coefficient (Wildman–Crippen LogP) is 2.83. The Morgan fingerprint density at radius 3 is 2.26 bits per heavy atom. The van der Waals surface area contributed by atoms with E-state index in [1.807, 2.05) is 30.3 Å². The molecule has 0 unspecified atom stereocenters. The van der Waals surface area contributed by atoms with Gasteiger partial charge in [0.25, 0.3) is 0 Å². The van der Waals surface area contributed by atoms with Crippen LogP contribution >= 0.6 is 0 Å². The summed E-state index contributed by atoms with van der Waals surface area (Å²) in [4.78, 5) is 24.6. The maximum atomic E-state index is 12.3. The topological polar surface area (TPSA) is 44.0 Å². The van der Waals surface area contributed by atoms with Gasteiger partial charge in [-0.05, 0) is 30.7 Å². The van der Waals surface area contributed by atoms with Gasteiger partial charge in [0.15, 0.2) is 0 Å². The molecule has 4 heteroatoms. The van der Waals surface area contributed by atoms with Crippen LogP contribution in [0.5, 0.6) is 0 Å². The molecule has 1 saturated carbocycles. The van der Waals surface area contributed by atoms with Gasteiger partial charge in [-0.25, -0.2) is 0 Å². The predicted molar refractivity (Wildman–Crippen MR) is 91.7 cm³/mol. The highest BCUT2D eigenvalue weighted by Gasteiger charge is 2.15. The molecule has 1 aromatic heterocycles. The van der Waals surface area contributed by atoms with E-state index in [4.69, 9.17) is 0 Å². The maximum Gasteiger partial charge on any atom is 0.316 e. The van der Waals surface area contributed by atoms with Gasteiger partial charge < -0.3 is 9.13 Å². The SMILES string of the molecule is O=c1c(=O)n(CC2CCCCC2)ccn1CCc1ccccc1. The van der Waals surface area contributed by atoms with E-state index in [2.05, 4.69) is 0 Å². The third kappa shape index (κ3) is 4.01. The monoisotopic (exact) mass is 312 g/mol. The van der Waals surface area contributed by atoms with Gasteiger partial charge in [0.2, 0.25) is 0 Å². The van der Waals surface area contributed by atoms with Crippen LogP contribution in [0.2, 0.25) is 0 Å². The Morgan fingerprint density at radius 1 is 0.870 bits per heavy atom. The van der Waals surface area contributed by atoms with E-state index in [1.165, 1.54) is 42.2 Å². The van der Waals surface area contributed by atoms with Crippen molar-refractivity contribution in [2.45, 2.75) is 51.6 Å². The molecule has 1 aromatic carbocycles. The summed E-state index contributed by atoms with van der Waals surface area (Å²) in [6, 6.07) is 10.0. The van der Waals surface area contributed by atoms with E-state index < -0.39 is 5.56 Å². The van der Waals surface area contributed by atoms with Gasteiger partial charge in [0.1, 0.15) is 0 Å². The first kappa shape index (κ1) is 15.8. The third-order valence-corrected chi connectivity index (χ3v) is 4.80. The molecule has 4 nitrogen and oxygen atoms in total. The number of hydrogen-bond donors (Lipinski definition) is 0. The lowest BCUT2D eigenvalue weighted by molar-refractivity contribution is 0.314. The van der Waals surface area contributed by atoms with E-state index in [-0.39, 0.29) is 5.56 Å². The van der Waals surface area contributed by atoms with Gasteiger partial charge in [-0.1, -0.05) is 49.6 Å². The van der Waals surface area contributed by atoms with Crippen LogP contribution in [0, 0.1) is 5.92 Å². The summed E-state index contributed by atoms with van der Waals surface area (Å²) in [6.45, 7) is 1.23. The minimum atomic E-state index is -0.403. The van der Waals surface area contributed by atoms with Crippen molar-refractivity contribution in [3.63, 3.8) is 0 Å². The number of aryl methyl sites for hydroxylation is 2. The highest BCUT2D eigenvalue weighted by molar-refractivity contribution is 5.14. The van der Waals surface area contributed by atoms with E-state index in [9.17, 15) is 9.59 Å². The summed E-state index contributed by atoms with van der Waals surface area (Å²) >= 11 is 0. The molecule has 1 aliphatic carbocycles. The van der Waals surface area contributed by atoms with Crippen LogP contribution in [-0.4, -0.2) is 9.13 Å². The smallest absolute Gasteiger partial charge is 0.309 e. The largest absolute Gasteiger partial charge is 0.316 e. The first-order valence-corrected chi connectivity index (χ1v) is 8.58. The molecule has 2 aromatic rings. The molecule has 1 heterocycles. The molecular formula is C19H24N2O2. The first-order valence-electron chi connectivity index (χ1n) is 8.58. The van der Waals surface area contributed by atoms with Crippen molar-refractivity contribution >= 4 is 0 Å². The summed E-state index contributed by atoms with van der Waals surface area (Å²) < 4.78 is 3.14. The molecule has 1 aliphatic rings. The molecule has 3 rings (SSSR count). The molecule has 122 valence electrons. The lowest BCUT2D eigenvalue weighted by Gasteiger charge is -2.22. The summed E-state index contributed by atoms with van der Waals surface area (Å²) in [6.07, 6.45) is 10.4. The van der Waals surface area contributed by atoms with Crippen LogP contribution in [-0.2, 0) is 19.5 Å². The minimum Gasteiger partial charge on any atom is -0.309 e. The average molecular weight is 312 g/mol. The van der Waals surface area contributed by atoms with Crippen molar-refractivity contribution in [1.82, 2.24) is 9.13 Å². The lowest BCUT2D eigenvalue weighted by atomic mass is 9.89. The fraction of sp³-hybridized carbons (Fsp3) is 0.474. The normalized spacial score (nSPS) is 15.7. The van der Waals surface area contributed by atoms with Gasteiger partial charge in [-0.2, -0.15) is 0 Å². The van der Waals surface area contributed by atoms with Crippen molar-refractivity contribution in [1.29, 1.82) is 0 Å². The van der Waals surface area contributed by atoms with Crippen LogP contribution in [0.25, 0.3) is 0 Å². The molecule has 23 heavy (non-hydrogen) atoms. The second kappa shape index (κ2) is 7.44. The maximum absolute atomic E-state index is 12.3. The Bertz CT molecular complexity index is 740.